The van der Waals surface area contributed by atoms with Crippen molar-refractivity contribution >= 4 is 5.91 Å². The maximum absolute atomic E-state index is 12.7. The normalized spacial score (nSPS) is 21.5. The summed E-state index contributed by atoms with van der Waals surface area (Å²) in [4.78, 5) is 14.7. The number of nitrogens with two attached hydrogens (primary N) is 1. The maximum atomic E-state index is 12.7. The lowest BCUT2D eigenvalue weighted by Gasteiger charge is -2.34. The minimum Gasteiger partial charge on any atom is -0.338 e. The van der Waals surface area contributed by atoms with Crippen LogP contribution in [0.5, 0.6) is 0 Å². The van der Waals surface area contributed by atoms with Crippen LogP contribution in [-0.2, 0) is 17.8 Å². The van der Waals surface area contributed by atoms with Crippen molar-refractivity contribution in [3.63, 3.8) is 0 Å². The van der Waals surface area contributed by atoms with Gasteiger partial charge in [-0.05, 0) is 36.8 Å². The van der Waals surface area contributed by atoms with Gasteiger partial charge >= 0.3 is 0 Å². The van der Waals surface area contributed by atoms with Crippen molar-refractivity contribution in [3.05, 3.63) is 35.4 Å². The highest BCUT2D eigenvalue weighted by Crippen LogP contribution is 2.30. The molecular formula is C18H26N2O. The zero-order valence-electron chi connectivity index (χ0n) is 12.8. The SMILES string of the molecule is NC1(CC(=O)N2CCCc3ccccc3C2)CCCCC1. The molecule has 0 aromatic heterocycles. The molecule has 114 valence electrons. The zero-order valence-corrected chi connectivity index (χ0v) is 12.8. The quantitative estimate of drug-likeness (QED) is 0.908. The summed E-state index contributed by atoms with van der Waals surface area (Å²) < 4.78 is 0. The highest BCUT2D eigenvalue weighted by Gasteiger charge is 2.32. The fourth-order valence-electron chi connectivity index (χ4n) is 3.76. The van der Waals surface area contributed by atoms with Crippen LogP contribution in [0.2, 0.25) is 0 Å². The average molecular weight is 286 g/mol. The molecule has 3 heteroatoms. The molecule has 1 saturated carbocycles. The summed E-state index contributed by atoms with van der Waals surface area (Å²) in [5, 5.41) is 0. The Morgan fingerprint density at radius 1 is 1.10 bits per heavy atom. The van der Waals surface area contributed by atoms with Crippen molar-refractivity contribution in [1.82, 2.24) is 4.90 Å². The molecule has 21 heavy (non-hydrogen) atoms. The molecule has 1 aliphatic carbocycles. The lowest BCUT2D eigenvalue weighted by atomic mass is 9.80. The molecule has 1 aliphatic heterocycles. The number of nitrogens with zero attached hydrogens (tertiary/aromatic N) is 1. The topological polar surface area (TPSA) is 46.3 Å². The van der Waals surface area contributed by atoms with E-state index in [2.05, 4.69) is 24.3 Å². The van der Waals surface area contributed by atoms with Gasteiger partial charge < -0.3 is 10.6 Å². The molecule has 1 aromatic carbocycles. The fraction of sp³-hybridized carbons (Fsp3) is 0.611. The second-order valence-corrected chi connectivity index (χ2v) is 6.79. The Hall–Kier alpha value is -1.35. The zero-order chi connectivity index (χ0) is 14.7. The average Bonchev–Trinajstić information content (AvgIpc) is 2.69. The van der Waals surface area contributed by atoms with Crippen LogP contribution in [0.15, 0.2) is 24.3 Å². The first-order valence-corrected chi connectivity index (χ1v) is 8.30. The summed E-state index contributed by atoms with van der Waals surface area (Å²) in [6, 6.07) is 8.50. The van der Waals surface area contributed by atoms with Gasteiger partial charge in [0.1, 0.15) is 0 Å². The molecular weight excluding hydrogens is 260 g/mol. The van der Waals surface area contributed by atoms with Gasteiger partial charge in [-0.15, -0.1) is 0 Å². The molecule has 1 heterocycles. The number of benzene rings is 1. The number of hydrogen-bond donors (Lipinski definition) is 1. The summed E-state index contributed by atoms with van der Waals surface area (Å²) in [7, 11) is 0. The third kappa shape index (κ3) is 3.46. The summed E-state index contributed by atoms with van der Waals surface area (Å²) in [5.74, 6) is 0.246. The second-order valence-electron chi connectivity index (χ2n) is 6.79. The molecule has 3 rings (SSSR count). The molecule has 0 radical (unpaired) electrons. The molecule has 2 N–H and O–H groups in total. The van der Waals surface area contributed by atoms with E-state index in [9.17, 15) is 4.79 Å². The molecule has 0 spiro atoms. The minimum absolute atomic E-state index is 0.246. The van der Waals surface area contributed by atoms with E-state index in [0.717, 1.165) is 38.8 Å². The Bertz CT molecular complexity index is 506. The van der Waals surface area contributed by atoms with Gasteiger partial charge in [0.15, 0.2) is 0 Å². The highest BCUT2D eigenvalue weighted by molar-refractivity contribution is 5.77. The van der Waals surface area contributed by atoms with Gasteiger partial charge in [0.25, 0.3) is 0 Å². The summed E-state index contributed by atoms with van der Waals surface area (Å²) >= 11 is 0. The van der Waals surface area contributed by atoms with Gasteiger partial charge in [0.05, 0.1) is 0 Å². The number of rotatable bonds is 2. The van der Waals surface area contributed by atoms with Gasteiger partial charge in [0.2, 0.25) is 5.91 Å². The number of fused-ring (bicyclic) bond motifs is 1. The van der Waals surface area contributed by atoms with E-state index in [1.807, 2.05) is 4.90 Å². The van der Waals surface area contributed by atoms with Gasteiger partial charge in [-0.1, -0.05) is 43.5 Å². The predicted molar refractivity (Wildman–Crippen MR) is 84.8 cm³/mol. The van der Waals surface area contributed by atoms with Crippen LogP contribution in [-0.4, -0.2) is 22.9 Å². The molecule has 1 amide bonds. The first-order chi connectivity index (χ1) is 10.2. The van der Waals surface area contributed by atoms with E-state index in [1.54, 1.807) is 0 Å². The van der Waals surface area contributed by atoms with Crippen LogP contribution >= 0.6 is 0 Å². The van der Waals surface area contributed by atoms with Crippen molar-refractivity contribution < 1.29 is 4.79 Å². The fourth-order valence-corrected chi connectivity index (χ4v) is 3.76. The van der Waals surface area contributed by atoms with Crippen LogP contribution in [0.4, 0.5) is 0 Å². The smallest absolute Gasteiger partial charge is 0.224 e. The van der Waals surface area contributed by atoms with Crippen molar-refractivity contribution in [2.24, 2.45) is 5.73 Å². The van der Waals surface area contributed by atoms with E-state index in [1.165, 1.54) is 30.4 Å². The lowest BCUT2D eigenvalue weighted by Crippen LogP contribution is -2.46. The van der Waals surface area contributed by atoms with E-state index < -0.39 is 0 Å². The molecule has 0 unspecified atom stereocenters. The number of amides is 1. The Labute approximate surface area is 127 Å². The van der Waals surface area contributed by atoms with Crippen LogP contribution < -0.4 is 5.73 Å². The summed E-state index contributed by atoms with van der Waals surface area (Å²) in [5.41, 5.74) is 8.90. The molecule has 3 nitrogen and oxygen atoms in total. The number of carbonyl (C=O) groups is 1. The van der Waals surface area contributed by atoms with Crippen LogP contribution in [0.25, 0.3) is 0 Å². The number of hydrogen-bond acceptors (Lipinski definition) is 2. The summed E-state index contributed by atoms with van der Waals surface area (Å²) in [6.07, 6.45) is 8.28. The monoisotopic (exact) mass is 286 g/mol. The van der Waals surface area contributed by atoms with Crippen molar-refractivity contribution in [1.29, 1.82) is 0 Å². The Morgan fingerprint density at radius 3 is 2.57 bits per heavy atom. The lowest BCUT2D eigenvalue weighted by molar-refractivity contribution is -0.133. The molecule has 2 aliphatic rings. The van der Waals surface area contributed by atoms with E-state index in [-0.39, 0.29) is 11.4 Å². The highest BCUT2D eigenvalue weighted by atomic mass is 16.2. The Balaban J connectivity index is 1.67. The van der Waals surface area contributed by atoms with Crippen LogP contribution in [0.1, 0.15) is 56.1 Å². The predicted octanol–water partition coefficient (Wildman–Crippen LogP) is 3.01. The molecule has 0 atom stereocenters. The van der Waals surface area contributed by atoms with Crippen molar-refractivity contribution in [2.45, 2.75) is 63.5 Å². The maximum Gasteiger partial charge on any atom is 0.224 e. The van der Waals surface area contributed by atoms with Crippen molar-refractivity contribution in [3.8, 4) is 0 Å². The first-order valence-electron chi connectivity index (χ1n) is 8.30. The third-order valence-electron chi connectivity index (χ3n) is 5.06. The largest absolute Gasteiger partial charge is 0.338 e. The minimum atomic E-state index is -0.249. The number of aryl methyl sites for hydroxylation is 1. The molecule has 1 fully saturated rings. The molecule has 1 aromatic rings. The van der Waals surface area contributed by atoms with Gasteiger partial charge in [-0.25, -0.2) is 0 Å². The van der Waals surface area contributed by atoms with Crippen molar-refractivity contribution in [2.75, 3.05) is 6.54 Å². The first kappa shape index (κ1) is 14.6. The van der Waals surface area contributed by atoms with Gasteiger partial charge in [-0.3, -0.25) is 4.79 Å². The Morgan fingerprint density at radius 2 is 1.81 bits per heavy atom. The molecule has 0 saturated heterocycles. The van der Waals surface area contributed by atoms with Crippen LogP contribution in [0, 0.1) is 0 Å². The van der Waals surface area contributed by atoms with E-state index in [4.69, 9.17) is 5.73 Å². The van der Waals surface area contributed by atoms with E-state index in [0.29, 0.717) is 6.42 Å². The number of carbonyl (C=O) groups excluding carboxylic acids is 1. The van der Waals surface area contributed by atoms with Crippen LogP contribution in [0.3, 0.4) is 0 Å². The van der Waals surface area contributed by atoms with Gasteiger partial charge in [0, 0.05) is 25.0 Å². The third-order valence-corrected chi connectivity index (χ3v) is 5.06. The summed E-state index contributed by atoms with van der Waals surface area (Å²) in [6.45, 7) is 1.62. The second kappa shape index (κ2) is 6.18. The van der Waals surface area contributed by atoms with E-state index >= 15 is 0 Å². The molecule has 0 bridgehead atoms. The standard InChI is InChI=1S/C18H26N2O/c19-18(10-4-1-5-11-18)13-17(21)20-12-6-9-15-7-2-3-8-16(15)14-20/h2-3,7-8H,1,4-6,9-14,19H2. The van der Waals surface area contributed by atoms with Gasteiger partial charge in [-0.2, -0.15) is 0 Å². The Kier molecular flexibility index (Phi) is 4.29.